The molecule has 0 atom stereocenters. The quantitative estimate of drug-likeness (QED) is 0.759. The van der Waals surface area contributed by atoms with Gasteiger partial charge in [-0.1, -0.05) is 23.2 Å². The molecule has 0 amide bonds. The first-order chi connectivity index (χ1) is 8.27. The van der Waals surface area contributed by atoms with Crippen LogP contribution < -0.4 is 0 Å². The highest BCUT2D eigenvalue weighted by Gasteiger charge is 2.35. The molecular formula is C9H5Cl2F3N4. The van der Waals surface area contributed by atoms with Crippen molar-refractivity contribution in [2.75, 3.05) is 0 Å². The van der Waals surface area contributed by atoms with Gasteiger partial charge in [0.2, 0.25) is 5.82 Å². The molecule has 2 heterocycles. The first-order valence-corrected chi connectivity index (χ1v) is 5.37. The van der Waals surface area contributed by atoms with Crippen molar-refractivity contribution in [3.8, 4) is 5.82 Å². The second-order valence-electron chi connectivity index (χ2n) is 3.38. The highest BCUT2D eigenvalue weighted by Crippen LogP contribution is 2.28. The number of nitrogens with zero attached hydrogens (tertiary/aromatic N) is 4. The van der Waals surface area contributed by atoms with Gasteiger partial charge in [-0.25, -0.2) is 14.6 Å². The minimum absolute atomic E-state index is 0.0997. The molecule has 4 nitrogen and oxygen atoms in total. The van der Waals surface area contributed by atoms with Crippen molar-refractivity contribution in [2.24, 2.45) is 0 Å². The van der Waals surface area contributed by atoms with Crippen LogP contribution in [0.1, 0.15) is 11.5 Å². The van der Waals surface area contributed by atoms with Crippen molar-refractivity contribution in [1.29, 1.82) is 0 Å². The zero-order valence-corrected chi connectivity index (χ0v) is 10.3. The van der Waals surface area contributed by atoms with E-state index in [9.17, 15) is 13.2 Å². The van der Waals surface area contributed by atoms with Gasteiger partial charge >= 0.3 is 6.18 Å². The second kappa shape index (κ2) is 4.40. The number of rotatable bonds is 1. The van der Waals surface area contributed by atoms with Gasteiger partial charge < -0.3 is 0 Å². The molecular weight excluding hydrogens is 292 g/mol. The summed E-state index contributed by atoms with van der Waals surface area (Å²) >= 11 is 11.3. The van der Waals surface area contributed by atoms with Gasteiger partial charge in [0.05, 0.1) is 16.9 Å². The van der Waals surface area contributed by atoms with E-state index in [4.69, 9.17) is 23.2 Å². The Kier molecular flexibility index (Phi) is 3.20. The summed E-state index contributed by atoms with van der Waals surface area (Å²) in [6, 6.07) is 1.17. The molecule has 2 aromatic heterocycles. The van der Waals surface area contributed by atoms with Crippen LogP contribution in [-0.2, 0) is 6.18 Å². The molecule has 96 valence electrons. The van der Waals surface area contributed by atoms with Crippen molar-refractivity contribution >= 4 is 23.2 Å². The van der Waals surface area contributed by atoms with Crippen molar-refractivity contribution in [3.05, 3.63) is 34.0 Å². The summed E-state index contributed by atoms with van der Waals surface area (Å²) in [4.78, 5) is 6.47. The predicted molar refractivity (Wildman–Crippen MR) is 58.9 cm³/mol. The molecule has 0 spiro atoms. The summed E-state index contributed by atoms with van der Waals surface area (Å²) in [5.74, 6) is -1.42. The number of aromatic nitrogens is 4. The SMILES string of the molecule is Cc1nn(-c2cc(Cl)nc(C(F)(F)F)n2)cc1Cl. The molecule has 0 saturated heterocycles. The number of hydrogen-bond donors (Lipinski definition) is 0. The van der Waals surface area contributed by atoms with Crippen LogP contribution in [0.25, 0.3) is 5.82 Å². The van der Waals surface area contributed by atoms with Gasteiger partial charge in [-0.15, -0.1) is 0 Å². The van der Waals surface area contributed by atoms with Gasteiger partial charge in [-0.05, 0) is 6.92 Å². The van der Waals surface area contributed by atoms with Gasteiger partial charge in [0, 0.05) is 6.07 Å². The molecule has 0 aliphatic rings. The number of aryl methyl sites for hydroxylation is 1. The van der Waals surface area contributed by atoms with E-state index in [1.165, 1.54) is 12.3 Å². The van der Waals surface area contributed by atoms with E-state index in [1.807, 2.05) is 0 Å². The summed E-state index contributed by atoms with van der Waals surface area (Å²) in [7, 11) is 0. The number of halogens is 5. The van der Waals surface area contributed by atoms with Crippen LogP contribution in [0.5, 0.6) is 0 Å². The third-order valence-electron chi connectivity index (χ3n) is 2.01. The normalized spacial score (nSPS) is 11.9. The Bertz CT molecular complexity index is 574. The highest BCUT2D eigenvalue weighted by atomic mass is 35.5. The van der Waals surface area contributed by atoms with Crippen molar-refractivity contribution in [1.82, 2.24) is 19.7 Å². The first kappa shape index (κ1) is 13.1. The topological polar surface area (TPSA) is 43.6 Å². The zero-order chi connectivity index (χ0) is 13.5. The summed E-state index contributed by atoms with van der Waals surface area (Å²) < 4.78 is 38.6. The Hall–Kier alpha value is -1.34. The largest absolute Gasteiger partial charge is 0.451 e. The molecule has 0 radical (unpaired) electrons. The molecule has 0 aromatic carbocycles. The average Bonchev–Trinajstić information content (AvgIpc) is 2.57. The zero-order valence-electron chi connectivity index (χ0n) is 8.83. The van der Waals surface area contributed by atoms with Crippen molar-refractivity contribution < 1.29 is 13.2 Å². The summed E-state index contributed by atoms with van der Waals surface area (Å²) in [5, 5.41) is 3.91. The van der Waals surface area contributed by atoms with Crippen molar-refractivity contribution in [3.63, 3.8) is 0 Å². The lowest BCUT2D eigenvalue weighted by Gasteiger charge is -2.07. The Balaban J connectivity index is 2.55. The smallest absolute Gasteiger partial charge is 0.221 e. The van der Waals surface area contributed by atoms with Crippen LogP contribution >= 0.6 is 23.2 Å². The van der Waals surface area contributed by atoms with E-state index < -0.39 is 12.0 Å². The molecule has 0 aliphatic carbocycles. The fraction of sp³-hybridized carbons (Fsp3) is 0.222. The highest BCUT2D eigenvalue weighted by molar-refractivity contribution is 6.31. The molecule has 0 aliphatic heterocycles. The lowest BCUT2D eigenvalue weighted by atomic mass is 10.5. The van der Waals surface area contributed by atoms with Gasteiger partial charge in [-0.2, -0.15) is 18.3 Å². The Morgan fingerprint density at radius 3 is 2.39 bits per heavy atom. The van der Waals surface area contributed by atoms with Gasteiger partial charge in [0.15, 0.2) is 5.82 Å². The molecule has 0 N–H and O–H groups in total. The van der Waals surface area contributed by atoms with Crippen LogP contribution in [-0.4, -0.2) is 19.7 Å². The van der Waals surface area contributed by atoms with E-state index in [-0.39, 0.29) is 11.0 Å². The third-order valence-corrected chi connectivity index (χ3v) is 2.57. The molecule has 0 saturated carbocycles. The fourth-order valence-electron chi connectivity index (χ4n) is 1.21. The van der Waals surface area contributed by atoms with Crippen LogP contribution in [0.4, 0.5) is 13.2 Å². The minimum Gasteiger partial charge on any atom is -0.221 e. The lowest BCUT2D eigenvalue weighted by molar-refractivity contribution is -0.145. The summed E-state index contributed by atoms with van der Waals surface area (Å²) in [5.41, 5.74) is 0.472. The molecule has 18 heavy (non-hydrogen) atoms. The van der Waals surface area contributed by atoms with Crippen molar-refractivity contribution in [2.45, 2.75) is 13.1 Å². The Labute approximate surface area is 109 Å². The average molecular weight is 297 g/mol. The van der Waals surface area contributed by atoms with Crippen LogP contribution in [0.15, 0.2) is 12.3 Å². The van der Waals surface area contributed by atoms with Crippen LogP contribution in [0.2, 0.25) is 10.2 Å². The molecule has 0 fully saturated rings. The minimum atomic E-state index is -4.67. The molecule has 2 rings (SSSR count). The molecule has 2 aromatic rings. The summed E-state index contributed by atoms with van der Waals surface area (Å²) in [6.45, 7) is 1.62. The summed E-state index contributed by atoms with van der Waals surface area (Å²) in [6.07, 6.45) is -3.33. The molecule has 9 heteroatoms. The molecule has 0 bridgehead atoms. The van der Waals surface area contributed by atoms with Crippen LogP contribution in [0, 0.1) is 6.92 Å². The Morgan fingerprint density at radius 2 is 1.89 bits per heavy atom. The second-order valence-corrected chi connectivity index (χ2v) is 4.17. The maximum Gasteiger partial charge on any atom is 0.451 e. The standard InChI is InChI=1S/C9H5Cl2F3N4/c1-4-5(10)3-18(17-4)7-2-6(11)15-8(16-7)9(12,13)14/h2-3H,1H3. The van der Waals surface area contributed by atoms with Gasteiger partial charge in [-0.3, -0.25) is 0 Å². The van der Waals surface area contributed by atoms with E-state index in [2.05, 4.69) is 15.1 Å². The predicted octanol–water partition coefficient (Wildman–Crippen LogP) is 3.30. The Morgan fingerprint density at radius 1 is 1.22 bits per heavy atom. The van der Waals surface area contributed by atoms with Gasteiger partial charge in [0.1, 0.15) is 5.15 Å². The first-order valence-electron chi connectivity index (χ1n) is 4.61. The third kappa shape index (κ3) is 2.56. The fourth-order valence-corrected chi connectivity index (χ4v) is 1.51. The van der Waals surface area contributed by atoms with Gasteiger partial charge in [0.25, 0.3) is 0 Å². The molecule has 0 unspecified atom stereocenters. The van der Waals surface area contributed by atoms with E-state index in [0.717, 1.165) is 4.68 Å². The lowest BCUT2D eigenvalue weighted by Crippen LogP contribution is -2.13. The van der Waals surface area contributed by atoms with E-state index in [0.29, 0.717) is 10.7 Å². The number of hydrogen-bond acceptors (Lipinski definition) is 3. The van der Waals surface area contributed by atoms with Crippen LogP contribution in [0.3, 0.4) is 0 Å². The monoisotopic (exact) mass is 296 g/mol. The maximum atomic E-state index is 12.5. The number of alkyl halides is 3. The maximum absolute atomic E-state index is 12.5. The van der Waals surface area contributed by atoms with E-state index in [1.54, 1.807) is 6.92 Å². The van der Waals surface area contributed by atoms with E-state index >= 15 is 0 Å².